The summed E-state index contributed by atoms with van der Waals surface area (Å²) in [7, 11) is 0. The van der Waals surface area contributed by atoms with Crippen LogP contribution in [0.1, 0.15) is 5.56 Å². The fourth-order valence-electron chi connectivity index (χ4n) is 1.42. The fourth-order valence-corrected chi connectivity index (χ4v) is 1.42. The summed E-state index contributed by atoms with van der Waals surface area (Å²) in [4.78, 5) is 3.99. The highest BCUT2D eigenvalue weighted by atomic mass is 16.5. The van der Waals surface area contributed by atoms with Gasteiger partial charge in [0.2, 0.25) is 0 Å². The van der Waals surface area contributed by atoms with Gasteiger partial charge in [0, 0.05) is 6.42 Å². The molecule has 0 radical (unpaired) electrons. The van der Waals surface area contributed by atoms with Crippen LogP contribution in [0.2, 0.25) is 0 Å². The Kier molecular flexibility index (Phi) is 2.17. The molecular weight excluding hydrogens is 164 g/mol. The predicted octanol–water partition coefficient (Wildman–Crippen LogP) is 0.943. The molecule has 0 aromatic heterocycles. The van der Waals surface area contributed by atoms with Crippen molar-refractivity contribution in [1.29, 1.82) is 0 Å². The van der Waals surface area contributed by atoms with Gasteiger partial charge in [0.25, 0.3) is 6.02 Å². The molecule has 1 unspecified atom stereocenters. The van der Waals surface area contributed by atoms with E-state index in [1.807, 2.05) is 18.2 Å². The molecule has 3 nitrogen and oxygen atoms in total. The Hall–Kier alpha value is -1.51. The molecule has 0 spiro atoms. The molecule has 0 amide bonds. The Morgan fingerprint density at radius 1 is 1.38 bits per heavy atom. The van der Waals surface area contributed by atoms with Crippen molar-refractivity contribution >= 4 is 6.02 Å². The lowest BCUT2D eigenvalue weighted by atomic mass is 10.1. The lowest BCUT2D eigenvalue weighted by Gasteiger charge is -2.08. The summed E-state index contributed by atoms with van der Waals surface area (Å²) in [6.07, 6.45) is 1.01. The molecule has 2 N–H and O–H groups in total. The molecule has 0 fully saturated rings. The number of amidine groups is 1. The van der Waals surface area contributed by atoms with Gasteiger partial charge in [0.1, 0.15) is 6.10 Å². The predicted molar refractivity (Wildman–Crippen MR) is 51.5 cm³/mol. The maximum absolute atomic E-state index is 5.41. The second kappa shape index (κ2) is 3.47. The van der Waals surface area contributed by atoms with E-state index in [0.29, 0.717) is 12.6 Å². The number of hydrogen-bond donors (Lipinski definition) is 1. The average Bonchev–Trinajstić information content (AvgIpc) is 2.53. The molecule has 0 saturated heterocycles. The quantitative estimate of drug-likeness (QED) is 0.729. The third-order valence-corrected chi connectivity index (χ3v) is 2.04. The molecule has 1 heterocycles. The summed E-state index contributed by atoms with van der Waals surface area (Å²) in [6, 6.07) is 10.5. The first kappa shape index (κ1) is 8.10. The lowest BCUT2D eigenvalue weighted by Crippen LogP contribution is -2.20. The maximum atomic E-state index is 5.41. The van der Waals surface area contributed by atoms with Gasteiger partial charge in [0.15, 0.2) is 0 Å². The molecule has 1 aromatic rings. The average molecular weight is 176 g/mol. The van der Waals surface area contributed by atoms with Crippen LogP contribution in [-0.4, -0.2) is 18.7 Å². The topological polar surface area (TPSA) is 47.6 Å². The van der Waals surface area contributed by atoms with Crippen molar-refractivity contribution in [2.75, 3.05) is 6.54 Å². The van der Waals surface area contributed by atoms with Crippen molar-refractivity contribution in [3.8, 4) is 0 Å². The van der Waals surface area contributed by atoms with E-state index in [1.165, 1.54) is 5.56 Å². The van der Waals surface area contributed by atoms with Gasteiger partial charge in [-0.3, -0.25) is 0 Å². The van der Waals surface area contributed by atoms with E-state index in [2.05, 4.69) is 17.1 Å². The molecule has 0 aliphatic carbocycles. The monoisotopic (exact) mass is 176 g/mol. The van der Waals surface area contributed by atoms with Gasteiger partial charge in [-0.1, -0.05) is 30.3 Å². The van der Waals surface area contributed by atoms with Gasteiger partial charge in [-0.15, -0.1) is 0 Å². The van der Waals surface area contributed by atoms with Gasteiger partial charge in [-0.05, 0) is 5.56 Å². The molecule has 2 rings (SSSR count). The summed E-state index contributed by atoms with van der Waals surface area (Å²) in [5.41, 5.74) is 6.67. The van der Waals surface area contributed by atoms with Crippen molar-refractivity contribution in [2.24, 2.45) is 10.7 Å². The zero-order valence-corrected chi connectivity index (χ0v) is 7.31. The Balaban J connectivity index is 1.94. The lowest BCUT2D eigenvalue weighted by molar-refractivity contribution is 0.221. The number of nitrogens with zero attached hydrogens (tertiary/aromatic N) is 1. The van der Waals surface area contributed by atoms with Crippen LogP contribution in [0.3, 0.4) is 0 Å². The zero-order valence-electron chi connectivity index (χ0n) is 7.31. The minimum Gasteiger partial charge on any atom is -0.460 e. The first-order chi connectivity index (χ1) is 6.34. The van der Waals surface area contributed by atoms with Gasteiger partial charge in [-0.25, -0.2) is 4.99 Å². The van der Waals surface area contributed by atoms with Crippen LogP contribution in [0.5, 0.6) is 0 Å². The summed E-state index contributed by atoms with van der Waals surface area (Å²) in [5, 5.41) is 0. The van der Waals surface area contributed by atoms with Gasteiger partial charge in [-0.2, -0.15) is 0 Å². The number of rotatable bonds is 2. The summed E-state index contributed by atoms with van der Waals surface area (Å²) in [6.45, 7) is 0.681. The van der Waals surface area contributed by atoms with Crippen LogP contribution in [-0.2, 0) is 11.2 Å². The van der Waals surface area contributed by atoms with Crippen molar-refractivity contribution in [3.63, 3.8) is 0 Å². The van der Waals surface area contributed by atoms with Crippen molar-refractivity contribution in [3.05, 3.63) is 35.9 Å². The fraction of sp³-hybridized carbons (Fsp3) is 0.300. The van der Waals surface area contributed by atoms with E-state index >= 15 is 0 Å². The van der Waals surface area contributed by atoms with Crippen molar-refractivity contribution in [2.45, 2.75) is 12.5 Å². The highest BCUT2D eigenvalue weighted by Crippen LogP contribution is 2.09. The van der Waals surface area contributed by atoms with Gasteiger partial charge in [0.05, 0.1) is 6.54 Å². The first-order valence-electron chi connectivity index (χ1n) is 4.35. The molecule has 1 aromatic carbocycles. The number of aliphatic imine (C=N–C) groups is 1. The highest BCUT2D eigenvalue weighted by molar-refractivity contribution is 5.73. The van der Waals surface area contributed by atoms with E-state index < -0.39 is 0 Å². The van der Waals surface area contributed by atoms with E-state index in [0.717, 1.165) is 6.42 Å². The van der Waals surface area contributed by atoms with Gasteiger partial charge < -0.3 is 10.5 Å². The van der Waals surface area contributed by atoms with E-state index in [4.69, 9.17) is 10.5 Å². The van der Waals surface area contributed by atoms with E-state index in [1.54, 1.807) is 0 Å². The van der Waals surface area contributed by atoms with Crippen molar-refractivity contribution < 1.29 is 4.74 Å². The second-order valence-electron chi connectivity index (χ2n) is 3.11. The zero-order chi connectivity index (χ0) is 9.10. The molecule has 3 heteroatoms. The van der Waals surface area contributed by atoms with Crippen LogP contribution in [0.15, 0.2) is 35.3 Å². The molecular formula is C10H12N2O. The van der Waals surface area contributed by atoms with Crippen LogP contribution < -0.4 is 5.73 Å². The number of ether oxygens (including phenoxy) is 1. The van der Waals surface area contributed by atoms with E-state index in [-0.39, 0.29) is 6.10 Å². The van der Waals surface area contributed by atoms with Crippen LogP contribution in [0.4, 0.5) is 0 Å². The normalized spacial score (nSPS) is 20.9. The molecule has 1 aliphatic rings. The first-order valence-corrected chi connectivity index (χ1v) is 4.35. The summed E-state index contributed by atoms with van der Waals surface area (Å²) >= 11 is 0. The third kappa shape index (κ3) is 1.99. The molecule has 68 valence electrons. The smallest absolute Gasteiger partial charge is 0.282 e. The minimum absolute atomic E-state index is 0.127. The highest BCUT2D eigenvalue weighted by Gasteiger charge is 2.17. The third-order valence-electron chi connectivity index (χ3n) is 2.04. The standard InChI is InChI=1S/C10H12N2O/c11-10-12-7-9(13-10)6-8-4-2-1-3-5-8/h1-5,9H,6-7H2,(H2,11,12). The molecule has 0 bridgehead atoms. The summed E-state index contributed by atoms with van der Waals surface area (Å²) < 4.78 is 5.29. The molecule has 1 aliphatic heterocycles. The Bertz CT molecular complexity index is 308. The number of hydrogen-bond acceptors (Lipinski definition) is 3. The largest absolute Gasteiger partial charge is 0.460 e. The second-order valence-corrected chi connectivity index (χ2v) is 3.11. The number of benzene rings is 1. The Morgan fingerprint density at radius 2 is 2.15 bits per heavy atom. The minimum atomic E-state index is 0.127. The van der Waals surface area contributed by atoms with Crippen LogP contribution in [0.25, 0.3) is 0 Å². The molecule has 1 atom stereocenters. The van der Waals surface area contributed by atoms with Crippen molar-refractivity contribution in [1.82, 2.24) is 0 Å². The van der Waals surface area contributed by atoms with Crippen LogP contribution >= 0.6 is 0 Å². The Labute approximate surface area is 77.2 Å². The number of nitrogens with two attached hydrogens (primary N) is 1. The maximum Gasteiger partial charge on any atom is 0.282 e. The SMILES string of the molecule is NC1=NCC(Cc2ccccc2)O1. The molecule has 13 heavy (non-hydrogen) atoms. The molecule has 0 saturated carbocycles. The Morgan fingerprint density at radius 3 is 2.77 bits per heavy atom. The van der Waals surface area contributed by atoms with Gasteiger partial charge >= 0.3 is 0 Å². The van der Waals surface area contributed by atoms with E-state index in [9.17, 15) is 0 Å². The summed E-state index contributed by atoms with van der Waals surface area (Å²) in [5.74, 6) is 0. The van der Waals surface area contributed by atoms with Crippen LogP contribution in [0, 0.1) is 0 Å².